The molecule has 0 saturated heterocycles. The molecule has 2 aromatic carbocycles. The minimum atomic E-state index is -0.621. The molecule has 0 spiro atoms. The molecule has 2 aromatic rings. The van der Waals surface area contributed by atoms with E-state index in [2.05, 4.69) is 10.6 Å². The van der Waals surface area contributed by atoms with Gasteiger partial charge in [0.15, 0.2) is 6.61 Å². The van der Waals surface area contributed by atoms with Gasteiger partial charge in [0.05, 0.1) is 22.4 Å². The maximum Gasteiger partial charge on any atom is 0.306 e. The fourth-order valence-electron chi connectivity index (χ4n) is 4.35. The molecule has 0 bridgehead atoms. The molecule has 2 N–H and O–H groups in total. The van der Waals surface area contributed by atoms with Crippen molar-refractivity contribution in [3.8, 4) is 0 Å². The lowest BCUT2D eigenvalue weighted by Crippen LogP contribution is -2.33. The number of anilines is 1. The number of hydrogen-bond donors (Lipinski definition) is 2. The normalized spacial score (nSPS) is 15.1. The van der Waals surface area contributed by atoms with Crippen LogP contribution >= 0.6 is 0 Å². The lowest BCUT2D eigenvalue weighted by atomic mass is 10.1. The number of carbonyl (C=O) groups is 5. The molecule has 9 nitrogen and oxygen atoms in total. The summed E-state index contributed by atoms with van der Waals surface area (Å²) in [6, 6.07) is 13.4. The molecule has 1 fully saturated rings. The van der Waals surface area contributed by atoms with Crippen LogP contribution in [0.3, 0.4) is 0 Å². The van der Waals surface area contributed by atoms with Gasteiger partial charge < -0.3 is 15.4 Å². The number of esters is 1. The Morgan fingerprint density at radius 2 is 1.54 bits per heavy atom. The summed E-state index contributed by atoms with van der Waals surface area (Å²) in [7, 11) is 0. The van der Waals surface area contributed by atoms with Gasteiger partial charge in [-0.25, -0.2) is 0 Å². The van der Waals surface area contributed by atoms with Crippen molar-refractivity contribution in [3.63, 3.8) is 0 Å². The first-order valence-corrected chi connectivity index (χ1v) is 11.7. The standard InChI is InChI=1S/C26H27N3O6/c30-22(28-21-13-6-5-12-20(21)24(32)27-17-8-1-2-9-17)16-35-23(31)14-7-15-29-25(33)18-10-3-4-11-19(18)26(29)34/h3-6,10-13,17H,1-2,7-9,14-16H2,(H,27,32)(H,28,30). The number of benzene rings is 2. The molecule has 182 valence electrons. The zero-order chi connectivity index (χ0) is 24.8. The molecule has 0 atom stereocenters. The van der Waals surface area contributed by atoms with Crippen LogP contribution in [0.25, 0.3) is 0 Å². The molecule has 0 radical (unpaired) electrons. The fourth-order valence-corrected chi connectivity index (χ4v) is 4.35. The van der Waals surface area contributed by atoms with Crippen molar-refractivity contribution in [2.45, 2.75) is 44.6 Å². The van der Waals surface area contributed by atoms with E-state index in [0.29, 0.717) is 22.4 Å². The molecule has 4 rings (SSSR count). The summed E-state index contributed by atoms with van der Waals surface area (Å²) in [5.41, 5.74) is 1.40. The van der Waals surface area contributed by atoms with Crippen molar-refractivity contribution < 1.29 is 28.7 Å². The summed E-state index contributed by atoms with van der Waals surface area (Å²) in [5, 5.41) is 5.61. The summed E-state index contributed by atoms with van der Waals surface area (Å²) in [5.74, 6) is -2.20. The monoisotopic (exact) mass is 477 g/mol. The molecule has 0 aromatic heterocycles. The largest absolute Gasteiger partial charge is 0.456 e. The van der Waals surface area contributed by atoms with Crippen LogP contribution < -0.4 is 10.6 Å². The van der Waals surface area contributed by atoms with Gasteiger partial charge in [-0.05, 0) is 43.5 Å². The third-order valence-corrected chi connectivity index (χ3v) is 6.14. The predicted molar refractivity (Wildman–Crippen MR) is 127 cm³/mol. The number of amides is 4. The number of rotatable bonds is 9. The zero-order valence-electron chi connectivity index (χ0n) is 19.2. The van der Waals surface area contributed by atoms with Crippen molar-refractivity contribution in [2.24, 2.45) is 0 Å². The molecule has 35 heavy (non-hydrogen) atoms. The van der Waals surface area contributed by atoms with E-state index in [4.69, 9.17) is 4.74 Å². The van der Waals surface area contributed by atoms with Crippen LogP contribution in [0.2, 0.25) is 0 Å². The predicted octanol–water partition coefficient (Wildman–Crippen LogP) is 2.92. The number of hydrogen-bond acceptors (Lipinski definition) is 6. The minimum Gasteiger partial charge on any atom is -0.456 e. The Morgan fingerprint density at radius 3 is 2.23 bits per heavy atom. The summed E-state index contributed by atoms with van der Waals surface area (Å²) < 4.78 is 5.02. The molecule has 9 heteroatoms. The van der Waals surface area contributed by atoms with Gasteiger partial charge in [0, 0.05) is 19.0 Å². The summed E-state index contributed by atoms with van der Waals surface area (Å²) in [6.07, 6.45) is 4.24. The first-order chi connectivity index (χ1) is 16.9. The van der Waals surface area contributed by atoms with Crippen molar-refractivity contribution in [1.82, 2.24) is 10.2 Å². The number of nitrogens with one attached hydrogen (secondary N) is 2. The van der Waals surface area contributed by atoms with Gasteiger partial charge in [-0.15, -0.1) is 0 Å². The van der Waals surface area contributed by atoms with E-state index in [1.165, 1.54) is 0 Å². The molecule has 1 saturated carbocycles. The van der Waals surface area contributed by atoms with E-state index in [-0.39, 0.29) is 43.1 Å². The van der Waals surface area contributed by atoms with E-state index >= 15 is 0 Å². The highest BCUT2D eigenvalue weighted by molar-refractivity contribution is 6.21. The number of imide groups is 1. The first kappa shape index (κ1) is 24.1. The van der Waals surface area contributed by atoms with Gasteiger partial charge in [0.25, 0.3) is 23.6 Å². The lowest BCUT2D eigenvalue weighted by molar-refractivity contribution is -0.147. The van der Waals surface area contributed by atoms with Gasteiger partial charge in [0.1, 0.15) is 0 Å². The van der Waals surface area contributed by atoms with Gasteiger partial charge in [0.2, 0.25) is 0 Å². The zero-order valence-corrected chi connectivity index (χ0v) is 19.2. The minimum absolute atomic E-state index is 0.0545. The Labute approximate surface area is 202 Å². The van der Waals surface area contributed by atoms with Crippen molar-refractivity contribution in [1.29, 1.82) is 0 Å². The number of nitrogens with zero attached hydrogens (tertiary/aromatic N) is 1. The second-order valence-electron chi connectivity index (χ2n) is 8.62. The highest BCUT2D eigenvalue weighted by Crippen LogP contribution is 2.23. The molecule has 4 amide bonds. The van der Waals surface area contributed by atoms with Gasteiger partial charge in [-0.2, -0.15) is 0 Å². The molecular formula is C26H27N3O6. The van der Waals surface area contributed by atoms with Crippen LogP contribution in [-0.4, -0.2) is 53.7 Å². The summed E-state index contributed by atoms with van der Waals surface area (Å²) in [6.45, 7) is -0.429. The van der Waals surface area contributed by atoms with Crippen molar-refractivity contribution in [3.05, 3.63) is 65.2 Å². The van der Waals surface area contributed by atoms with Gasteiger partial charge in [-0.3, -0.25) is 28.9 Å². The fraction of sp³-hybridized carbons (Fsp3) is 0.346. The molecule has 1 heterocycles. The van der Waals surface area contributed by atoms with Crippen LogP contribution in [0.5, 0.6) is 0 Å². The average Bonchev–Trinajstić information content (AvgIpc) is 3.45. The Kier molecular flexibility index (Phi) is 7.54. The Balaban J connectivity index is 1.21. The van der Waals surface area contributed by atoms with Crippen LogP contribution in [-0.2, 0) is 14.3 Å². The third-order valence-electron chi connectivity index (χ3n) is 6.14. The third kappa shape index (κ3) is 5.74. The van der Waals surface area contributed by atoms with E-state index in [9.17, 15) is 24.0 Å². The van der Waals surface area contributed by atoms with E-state index in [1.54, 1.807) is 48.5 Å². The number of carbonyl (C=O) groups excluding carboxylic acids is 5. The van der Waals surface area contributed by atoms with Gasteiger partial charge >= 0.3 is 5.97 Å². The maximum absolute atomic E-state index is 12.6. The van der Waals surface area contributed by atoms with Crippen molar-refractivity contribution in [2.75, 3.05) is 18.5 Å². The van der Waals surface area contributed by atoms with Crippen LogP contribution in [0, 0.1) is 0 Å². The molecule has 2 aliphatic rings. The number of fused-ring (bicyclic) bond motifs is 1. The number of ether oxygens (including phenoxy) is 1. The van der Waals surface area contributed by atoms with E-state index in [1.807, 2.05) is 0 Å². The molecule has 1 aliphatic carbocycles. The molecular weight excluding hydrogens is 450 g/mol. The number of para-hydroxylation sites is 1. The first-order valence-electron chi connectivity index (χ1n) is 11.7. The van der Waals surface area contributed by atoms with E-state index < -0.39 is 18.5 Å². The summed E-state index contributed by atoms with van der Waals surface area (Å²) >= 11 is 0. The second-order valence-corrected chi connectivity index (χ2v) is 8.62. The van der Waals surface area contributed by atoms with Crippen LogP contribution in [0.15, 0.2) is 48.5 Å². The smallest absolute Gasteiger partial charge is 0.306 e. The highest BCUT2D eigenvalue weighted by atomic mass is 16.5. The highest BCUT2D eigenvalue weighted by Gasteiger charge is 2.34. The summed E-state index contributed by atoms with van der Waals surface area (Å²) in [4.78, 5) is 62.8. The van der Waals surface area contributed by atoms with Gasteiger partial charge in [-0.1, -0.05) is 37.1 Å². The van der Waals surface area contributed by atoms with Crippen LogP contribution in [0.4, 0.5) is 5.69 Å². The topological polar surface area (TPSA) is 122 Å². The van der Waals surface area contributed by atoms with Crippen molar-refractivity contribution >= 4 is 35.3 Å². The Bertz CT molecular complexity index is 1120. The lowest BCUT2D eigenvalue weighted by Gasteiger charge is -2.15. The average molecular weight is 478 g/mol. The quantitative estimate of drug-likeness (QED) is 0.423. The molecule has 1 aliphatic heterocycles. The second kappa shape index (κ2) is 10.9. The molecule has 0 unspecified atom stereocenters. The Morgan fingerprint density at radius 1 is 0.914 bits per heavy atom. The van der Waals surface area contributed by atoms with Crippen LogP contribution in [0.1, 0.15) is 69.6 Å². The Hall–Kier alpha value is -4.01. The SMILES string of the molecule is O=C(COC(=O)CCCN1C(=O)c2ccccc2C1=O)Nc1ccccc1C(=O)NC1CCCC1. The maximum atomic E-state index is 12.6. The van der Waals surface area contributed by atoms with E-state index in [0.717, 1.165) is 30.6 Å².